The van der Waals surface area contributed by atoms with E-state index in [9.17, 15) is 9.59 Å². The molecule has 1 amide bonds. The lowest BCUT2D eigenvalue weighted by atomic mass is 9.89. The molecule has 0 radical (unpaired) electrons. The summed E-state index contributed by atoms with van der Waals surface area (Å²) < 4.78 is 1.76. The molecule has 2 N–H and O–H groups in total. The lowest BCUT2D eigenvalue weighted by molar-refractivity contribution is -0.126. The van der Waals surface area contributed by atoms with E-state index in [1.807, 2.05) is 17.9 Å². The molecule has 1 aromatic heterocycles. The number of rotatable bonds is 4. The van der Waals surface area contributed by atoms with Crippen molar-refractivity contribution in [3.05, 3.63) is 19.2 Å². The first-order valence-electron chi connectivity index (χ1n) is 5.82. The molecular formula is C12H14Br2N2O2S. The minimum absolute atomic E-state index is 0.0579. The molecule has 0 spiro atoms. The molecule has 104 valence electrons. The highest BCUT2D eigenvalue weighted by molar-refractivity contribution is 9.12. The van der Waals surface area contributed by atoms with E-state index < -0.39 is 5.41 Å². The summed E-state index contributed by atoms with van der Waals surface area (Å²) in [6.45, 7) is 3.46. The van der Waals surface area contributed by atoms with E-state index in [1.165, 1.54) is 11.3 Å². The number of carbonyl (C=O) groups excluding carboxylic acids is 2. The molecule has 7 heteroatoms. The van der Waals surface area contributed by atoms with Crippen LogP contribution in [0, 0.1) is 5.41 Å². The first-order chi connectivity index (χ1) is 8.82. The molecule has 0 aromatic carbocycles. The number of likely N-dealkylation sites (tertiary alicyclic amines) is 1. The molecule has 1 saturated heterocycles. The van der Waals surface area contributed by atoms with Crippen molar-refractivity contribution in [2.45, 2.75) is 13.3 Å². The molecule has 0 aliphatic carbocycles. The Hall–Kier alpha value is -0.240. The van der Waals surface area contributed by atoms with E-state index in [1.54, 1.807) is 0 Å². The van der Waals surface area contributed by atoms with Gasteiger partial charge in [0, 0.05) is 12.1 Å². The van der Waals surface area contributed by atoms with Gasteiger partial charge in [0.2, 0.25) is 5.91 Å². The first-order valence-corrected chi connectivity index (χ1v) is 8.22. The summed E-state index contributed by atoms with van der Waals surface area (Å²) in [6.07, 6.45) is 0.712. The fourth-order valence-corrected chi connectivity index (χ4v) is 5.07. The first kappa shape index (κ1) is 15.2. The highest BCUT2D eigenvalue weighted by Crippen LogP contribution is 2.33. The Kier molecular flexibility index (Phi) is 4.49. The van der Waals surface area contributed by atoms with Gasteiger partial charge in [-0.3, -0.25) is 14.5 Å². The Morgan fingerprint density at radius 1 is 1.53 bits per heavy atom. The van der Waals surface area contributed by atoms with Crippen molar-refractivity contribution in [1.29, 1.82) is 0 Å². The second-order valence-electron chi connectivity index (χ2n) is 5.05. The summed E-state index contributed by atoms with van der Waals surface area (Å²) in [5.41, 5.74) is 5.58. The molecule has 1 fully saturated rings. The van der Waals surface area contributed by atoms with Crippen molar-refractivity contribution < 1.29 is 9.59 Å². The molecule has 19 heavy (non-hydrogen) atoms. The standard InChI is InChI=1S/C12H14Br2N2O2S/c1-12(11(15)18)2-3-16(6-12)5-8(17)7-4-9(13)19-10(7)14/h4H,2-3,5-6H2,1H3,(H2,15,18). The van der Waals surface area contributed by atoms with Crippen LogP contribution >= 0.6 is 43.2 Å². The molecule has 1 unspecified atom stereocenters. The van der Waals surface area contributed by atoms with E-state index in [0.29, 0.717) is 25.1 Å². The Balaban J connectivity index is 2.02. The van der Waals surface area contributed by atoms with Crippen LogP contribution in [0.25, 0.3) is 0 Å². The fourth-order valence-electron chi connectivity index (χ4n) is 2.21. The third-order valence-corrected chi connectivity index (χ3v) is 5.81. The highest BCUT2D eigenvalue weighted by Gasteiger charge is 2.39. The van der Waals surface area contributed by atoms with Crippen LogP contribution in [-0.2, 0) is 4.79 Å². The van der Waals surface area contributed by atoms with Crippen molar-refractivity contribution in [2.24, 2.45) is 11.1 Å². The Labute approximate surface area is 132 Å². The maximum absolute atomic E-state index is 12.2. The average Bonchev–Trinajstić information content (AvgIpc) is 2.83. The molecule has 0 bridgehead atoms. The number of hydrogen-bond acceptors (Lipinski definition) is 4. The van der Waals surface area contributed by atoms with E-state index in [0.717, 1.165) is 14.1 Å². The van der Waals surface area contributed by atoms with Gasteiger partial charge < -0.3 is 5.73 Å². The molecule has 4 nitrogen and oxygen atoms in total. The quantitative estimate of drug-likeness (QED) is 0.777. The maximum atomic E-state index is 12.2. The van der Waals surface area contributed by atoms with Crippen LogP contribution in [0.2, 0.25) is 0 Å². The summed E-state index contributed by atoms with van der Waals surface area (Å²) in [4.78, 5) is 25.6. The summed E-state index contributed by atoms with van der Waals surface area (Å²) in [7, 11) is 0. The number of Topliss-reactive ketones (excluding diaryl/α,β-unsaturated/α-hetero) is 1. The van der Waals surface area contributed by atoms with Gasteiger partial charge in [-0.15, -0.1) is 11.3 Å². The summed E-state index contributed by atoms with van der Waals surface area (Å²) in [5, 5.41) is 0. The zero-order chi connectivity index (χ0) is 14.2. The van der Waals surface area contributed by atoms with Crippen molar-refractivity contribution >= 4 is 54.9 Å². The second kappa shape index (κ2) is 5.63. The topological polar surface area (TPSA) is 63.4 Å². The molecule has 1 atom stereocenters. The molecule has 1 aromatic rings. The number of primary amides is 1. The molecule has 0 saturated carbocycles. The number of hydrogen-bond donors (Lipinski definition) is 1. The second-order valence-corrected chi connectivity index (χ2v) is 8.80. The molecule has 2 rings (SSSR count). The van der Waals surface area contributed by atoms with Crippen LogP contribution in [0.3, 0.4) is 0 Å². The molecule has 1 aliphatic rings. The normalized spacial score (nSPS) is 23.7. The smallest absolute Gasteiger partial charge is 0.224 e. The van der Waals surface area contributed by atoms with Crippen LogP contribution in [0.4, 0.5) is 0 Å². The van der Waals surface area contributed by atoms with Crippen LogP contribution in [0.5, 0.6) is 0 Å². The number of halogens is 2. The number of amides is 1. The summed E-state index contributed by atoms with van der Waals surface area (Å²) in [6, 6.07) is 1.82. The number of nitrogens with two attached hydrogens (primary N) is 1. The predicted octanol–water partition coefficient (Wildman–Crippen LogP) is 2.65. The lowest BCUT2D eigenvalue weighted by Gasteiger charge is -2.20. The van der Waals surface area contributed by atoms with Crippen LogP contribution in [0.1, 0.15) is 23.7 Å². The monoisotopic (exact) mass is 408 g/mol. The molecule has 1 aliphatic heterocycles. The highest BCUT2D eigenvalue weighted by atomic mass is 79.9. The number of nitrogens with zero attached hydrogens (tertiary/aromatic N) is 1. The van der Waals surface area contributed by atoms with E-state index >= 15 is 0 Å². The van der Waals surface area contributed by atoms with Crippen LogP contribution in [-0.4, -0.2) is 36.2 Å². The number of ketones is 1. The van der Waals surface area contributed by atoms with Gasteiger partial charge >= 0.3 is 0 Å². The minimum atomic E-state index is -0.507. The van der Waals surface area contributed by atoms with Crippen molar-refractivity contribution in [2.75, 3.05) is 19.6 Å². The minimum Gasteiger partial charge on any atom is -0.369 e. The van der Waals surface area contributed by atoms with Gasteiger partial charge in [-0.2, -0.15) is 0 Å². The van der Waals surface area contributed by atoms with Gasteiger partial charge in [-0.25, -0.2) is 0 Å². The van der Waals surface area contributed by atoms with Gasteiger partial charge in [-0.05, 0) is 57.8 Å². The third-order valence-electron chi connectivity index (χ3n) is 3.47. The largest absolute Gasteiger partial charge is 0.369 e. The average molecular weight is 410 g/mol. The zero-order valence-corrected chi connectivity index (χ0v) is 14.4. The van der Waals surface area contributed by atoms with Crippen molar-refractivity contribution in [3.63, 3.8) is 0 Å². The van der Waals surface area contributed by atoms with Gasteiger partial charge in [0.25, 0.3) is 0 Å². The van der Waals surface area contributed by atoms with Crippen molar-refractivity contribution in [1.82, 2.24) is 4.90 Å². The third kappa shape index (κ3) is 3.26. The molecule has 2 heterocycles. The summed E-state index contributed by atoms with van der Waals surface area (Å²) >= 11 is 8.23. The lowest BCUT2D eigenvalue weighted by Crippen LogP contribution is -2.38. The predicted molar refractivity (Wildman–Crippen MR) is 82.4 cm³/mol. The van der Waals surface area contributed by atoms with E-state index in [4.69, 9.17) is 5.73 Å². The van der Waals surface area contributed by atoms with E-state index in [-0.39, 0.29) is 11.7 Å². The van der Waals surface area contributed by atoms with Gasteiger partial charge in [0.05, 0.1) is 19.5 Å². The number of carbonyl (C=O) groups is 2. The van der Waals surface area contributed by atoms with Crippen LogP contribution in [0.15, 0.2) is 13.6 Å². The SMILES string of the molecule is CC1(C(N)=O)CCN(CC(=O)c2cc(Br)sc2Br)C1. The van der Waals surface area contributed by atoms with Gasteiger partial charge in [0.15, 0.2) is 5.78 Å². The summed E-state index contributed by atoms with van der Waals surface area (Å²) in [5.74, 6) is -0.232. The Bertz CT molecular complexity index is 532. The van der Waals surface area contributed by atoms with Crippen LogP contribution < -0.4 is 5.73 Å². The van der Waals surface area contributed by atoms with Gasteiger partial charge in [0.1, 0.15) is 0 Å². The van der Waals surface area contributed by atoms with Crippen molar-refractivity contribution in [3.8, 4) is 0 Å². The number of thiophene rings is 1. The Morgan fingerprint density at radius 2 is 2.21 bits per heavy atom. The molecular weight excluding hydrogens is 396 g/mol. The fraction of sp³-hybridized carbons (Fsp3) is 0.500. The maximum Gasteiger partial charge on any atom is 0.224 e. The van der Waals surface area contributed by atoms with E-state index in [2.05, 4.69) is 31.9 Å². The van der Waals surface area contributed by atoms with Gasteiger partial charge in [-0.1, -0.05) is 0 Å². The Morgan fingerprint density at radius 3 is 2.68 bits per heavy atom. The zero-order valence-electron chi connectivity index (χ0n) is 10.4.